The van der Waals surface area contributed by atoms with Gasteiger partial charge in [-0.25, -0.2) is 0 Å². The molecule has 0 radical (unpaired) electrons. The van der Waals surface area contributed by atoms with Gasteiger partial charge in [-0.1, -0.05) is 115 Å². The summed E-state index contributed by atoms with van der Waals surface area (Å²) in [6, 6.07) is 63.9. The zero-order valence-electron chi connectivity index (χ0n) is 25.1. The minimum atomic E-state index is 1.13. The summed E-state index contributed by atoms with van der Waals surface area (Å²) >= 11 is 1.87. The van der Waals surface area contributed by atoms with Crippen LogP contribution in [0.2, 0.25) is 0 Å². The van der Waals surface area contributed by atoms with Gasteiger partial charge in [0.25, 0.3) is 0 Å². The van der Waals surface area contributed by atoms with Crippen molar-refractivity contribution in [1.82, 2.24) is 0 Å². The standard InChI is InChI=1S/C44H29NS/c1-2-10-37(11-3-1)45(38-22-16-31(17-23-38)34-15-14-30-8-4-5-9-33(30)28-34)39-24-18-32(19-25-39)35-20-26-40-36(29-35)21-27-43-44(40)41-12-6-7-13-42(41)46-43/h1-29H. The molecule has 0 amide bonds. The molecule has 8 aromatic carbocycles. The molecule has 9 aromatic rings. The lowest BCUT2D eigenvalue weighted by Crippen LogP contribution is -2.09. The van der Waals surface area contributed by atoms with Gasteiger partial charge in [-0.05, 0) is 104 Å². The number of para-hydroxylation sites is 1. The van der Waals surface area contributed by atoms with Gasteiger partial charge in [-0.2, -0.15) is 0 Å². The highest BCUT2D eigenvalue weighted by molar-refractivity contribution is 7.26. The maximum absolute atomic E-state index is 2.33. The highest BCUT2D eigenvalue weighted by atomic mass is 32.1. The first-order valence-corrected chi connectivity index (χ1v) is 16.5. The molecule has 0 bridgehead atoms. The van der Waals surface area contributed by atoms with Crippen molar-refractivity contribution in [2.24, 2.45) is 0 Å². The van der Waals surface area contributed by atoms with Crippen LogP contribution in [0.15, 0.2) is 176 Å². The highest BCUT2D eigenvalue weighted by Crippen LogP contribution is 2.40. The number of nitrogens with zero attached hydrogens (tertiary/aromatic N) is 1. The van der Waals surface area contributed by atoms with Crippen molar-refractivity contribution in [1.29, 1.82) is 0 Å². The van der Waals surface area contributed by atoms with E-state index in [2.05, 4.69) is 181 Å². The second-order valence-electron chi connectivity index (χ2n) is 11.8. The Labute approximate surface area is 272 Å². The fourth-order valence-corrected chi connectivity index (χ4v) is 7.85. The smallest absolute Gasteiger partial charge is 0.0462 e. The first-order valence-electron chi connectivity index (χ1n) is 15.7. The molecule has 0 atom stereocenters. The maximum Gasteiger partial charge on any atom is 0.0462 e. The third-order valence-electron chi connectivity index (χ3n) is 9.04. The van der Waals surface area contributed by atoms with Crippen LogP contribution in [-0.2, 0) is 0 Å². The second-order valence-corrected chi connectivity index (χ2v) is 12.9. The van der Waals surface area contributed by atoms with Crippen LogP contribution in [0.25, 0.3) is 64.0 Å². The van der Waals surface area contributed by atoms with Gasteiger partial charge in [0.1, 0.15) is 0 Å². The molecular formula is C44H29NS. The van der Waals surface area contributed by atoms with E-state index in [9.17, 15) is 0 Å². The second kappa shape index (κ2) is 11.0. The lowest BCUT2D eigenvalue weighted by Gasteiger charge is -2.26. The quantitative estimate of drug-likeness (QED) is 0.189. The summed E-state index contributed by atoms with van der Waals surface area (Å²) < 4.78 is 2.69. The Hall–Kier alpha value is -5.70. The molecule has 0 fully saturated rings. The lowest BCUT2D eigenvalue weighted by atomic mass is 9.98. The summed E-state index contributed by atoms with van der Waals surface area (Å²) in [4.78, 5) is 2.33. The number of fused-ring (bicyclic) bond motifs is 6. The van der Waals surface area contributed by atoms with E-state index in [1.54, 1.807) is 0 Å². The average molecular weight is 604 g/mol. The number of hydrogen-bond acceptors (Lipinski definition) is 2. The molecule has 0 unspecified atom stereocenters. The molecule has 0 aliphatic rings. The molecule has 1 nitrogen and oxygen atoms in total. The number of rotatable bonds is 5. The van der Waals surface area contributed by atoms with Crippen molar-refractivity contribution in [3.63, 3.8) is 0 Å². The normalized spacial score (nSPS) is 11.5. The van der Waals surface area contributed by atoms with Gasteiger partial charge in [0.05, 0.1) is 0 Å². The molecule has 2 heteroatoms. The van der Waals surface area contributed by atoms with Crippen LogP contribution in [0.1, 0.15) is 0 Å². The van der Waals surface area contributed by atoms with Crippen LogP contribution in [-0.4, -0.2) is 0 Å². The van der Waals surface area contributed by atoms with Gasteiger partial charge < -0.3 is 4.90 Å². The molecule has 0 spiro atoms. The monoisotopic (exact) mass is 603 g/mol. The van der Waals surface area contributed by atoms with E-state index in [-0.39, 0.29) is 0 Å². The van der Waals surface area contributed by atoms with Crippen molar-refractivity contribution >= 4 is 70.1 Å². The molecule has 0 aliphatic carbocycles. The van der Waals surface area contributed by atoms with Crippen molar-refractivity contribution in [3.8, 4) is 22.3 Å². The number of anilines is 3. The zero-order chi connectivity index (χ0) is 30.5. The third kappa shape index (κ3) is 4.63. The number of benzene rings is 8. The Morgan fingerprint density at radius 2 is 0.870 bits per heavy atom. The predicted octanol–water partition coefficient (Wildman–Crippen LogP) is 13.2. The minimum absolute atomic E-state index is 1.13. The first-order chi connectivity index (χ1) is 22.8. The Bertz CT molecular complexity index is 2510. The zero-order valence-corrected chi connectivity index (χ0v) is 25.9. The highest BCUT2D eigenvalue weighted by Gasteiger charge is 2.14. The van der Waals surface area contributed by atoms with Gasteiger partial charge in [-0.3, -0.25) is 0 Å². The topological polar surface area (TPSA) is 3.24 Å². The van der Waals surface area contributed by atoms with E-state index in [0.717, 1.165) is 17.1 Å². The van der Waals surface area contributed by atoms with Crippen LogP contribution in [0.5, 0.6) is 0 Å². The molecule has 0 aliphatic heterocycles. The van der Waals surface area contributed by atoms with Crippen molar-refractivity contribution < 1.29 is 0 Å². The Morgan fingerprint density at radius 1 is 0.326 bits per heavy atom. The van der Waals surface area contributed by atoms with Crippen molar-refractivity contribution in [2.75, 3.05) is 4.90 Å². The summed E-state index contributed by atoms with van der Waals surface area (Å²) in [5.74, 6) is 0. The summed E-state index contributed by atoms with van der Waals surface area (Å²) in [6.07, 6.45) is 0. The molecule has 9 rings (SSSR count). The summed E-state index contributed by atoms with van der Waals surface area (Å²) in [5, 5.41) is 7.82. The Balaban J connectivity index is 1.06. The van der Waals surface area contributed by atoms with E-state index in [0.29, 0.717) is 0 Å². The van der Waals surface area contributed by atoms with E-state index in [4.69, 9.17) is 0 Å². The third-order valence-corrected chi connectivity index (χ3v) is 10.2. The van der Waals surface area contributed by atoms with E-state index >= 15 is 0 Å². The molecule has 216 valence electrons. The fourth-order valence-electron chi connectivity index (χ4n) is 6.73. The molecule has 0 N–H and O–H groups in total. The Kier molecular flexibility index (Phi) is 6.40. The number of thiophene rings is 1. The molecule has 46 heavy (non-hydrogen) atoms. The number of hydrogen-bond donors (Lipinski definition) is 0. The van der Waals surface area contributed by atoms with Crippen LogP contribution >= 0.6 is 11.3 Å². The van der Waals surface area contributed by atoms with E-state index < -0.39 is 0 Å². The van der Waals surface area contributed by atoms with Crippen LogP contribution < -0.4 is 4.90 Å². The van der Waals surface area contributed by atoms with Crippen LogP contribution in [0.4, 0.5) is 17.1 Å². The van der Waals surface area contributed by atoms with Crippen molar-refractivity contribution in [2.45, 2.75) is 0 Å². The fraction of sp³-hybridized carbons (Fsp3) is 0. The molecule has 1 aromatic heterocycles. The summed E-state index contributed by atoms with van der Waals surface area (Å²) in [7, 11) is 0. The lowest BCUT2D eigenvalue weighted by molar-refractivity contribution is 1.28. The largest absolute Gasteiger partial charge is 0.311 e. The van der Waals surface area contributed by atoms with Gasteiger partial charge in [0, 0.05) is 37.2 Å². The molecule has 0 saturated heterocycles. The van der Waals surface area contributed by atoms with E-state index in [1.807, 2.05) is 11.3 Å². The van der Waals surface area contributed by atoms with Crippen LogP contribution in [0, 0.1) is 0 Å². The summed E-state index contributed by atoms with van der Waals surface area (Å²) in [5.41, 5.74) is 8.25. The Morgan fingerprint density at radius 3 is 1.61 bits per heavy atom. The molecular weight excluding hydrogens is 575 g/mol. The molecule has 0 saturated carbocycles. The van der Waals surface area contributed by atoms with Crippen LogP contribution in [0.3, 0.4) is 0 Å². The molecule has 1 heterocycles. The van der Waals surface area contributed by atoms with Crippen molar-refractivity contribution in [3.05, 3.63) is 176 Å². The van der Waals surface area contributed by atoms with Gasteiger partial charge >= 0.3 is 0 Å². The average Bonchev–Trinajstić information content (AvgIpc) is 3.52. The van der Waals surface area contributed by atoms with Gasteiger partial charge in [0.2, 0.25) is 0 Å². The maximum atomic E-state index is 2.33. The first kappa shape index (κ1) is 26.7. The minimum Gasteiger partial charge on any atom is -0.311 e. The van der Waals surface area contributed by atoms with Gasteiger partial charge in [-0.15, -0.1) is 11.3 Å². The van der Waals surface area contributed by atoms with Gasteiger partial charge in [0.15, 0.2) is 0 Å². The predicted molar refractivity (Wildman–Crippen MR) is 200 cm³/mol. The van der Waals surface area contributed by atoms with E-state index in [1.165, 1.54) is 64.0 Å². The summed E-state index contributed by atoms with van der Waals surface area (Å²) in [6.45, 7) is 0. The SMILES string of the molecule is c1ccc(N(c2ccc(-c3ccc4ccccc4c3)cc2)c2ccc(-c3ccc4c(ccc5sc6ccccc6c54)c3)cc2)cc1.